The molecule has 2 aliphatic rings. The number of carbonyl (C=O) groups is 1. The number of anilines is 1. The molecule has 2 N–H and O–H groups in total. The van der Waals surface area contributed by atoms with Gasteiger partial charge in [-0.1, -0.05) is 12.1 Å². The summed E-state index contributed by atoms with van der Waals surface area (Å²) < 4.78 is 0. The first-order valence-electron chi connectivity index (χ1n) is 10.5. The normalized spacial score (nSPS) is 15.7. The van der Waals surface area contributed by atoms with Crippen molar-refractivity contribution in [2.24, 2.45) is 0 Å². The van der Waals surface area contributed by atoms with E-state index in [0.29, 0.717) is 13.0 Å². The Kier molecular flexibility index (Phi) is 4.48. The van der Waals surface area contributed by atoms with Gasteiger partial charge in [0.2, 0.25) is 0 Å². The van der Waals surface area contributed by atoms with Crippen molar-refractivity contribution in [2.75, 3.05) is 12.4 Å². The number of rotatable bonds is 5. The van der Waals surface area contributed by atoms with Crippen LogP contribution in [-0.2, 0) is 18.4 Å². The van der Waals surface area contributed by atoms with E-state index in [9.17, 15) is 10.1 Å². The predicted octanol–water partition coefficient (Wildman–Crippen LogP) is 3.88. The largest absolute Gasteiger partial charge is 0.387 e. The monoisotopic (exact) mass is 409 g/mol. The summed E-state index contributed by atoms with van der Waals surface area (Å²) in [6.07, 6.45) is 6.25. The molecule has 1 fully saturated rings. The van der Waals surface area contributed by atoms with Crippen molar-refractivity contribution in [1.29, 1.82) is 5.26 Å². The second-order valence-corrected chi connectivity index (χ2v) is 8.36. The smallest absolute Gasteiger partial charge is 0.254 e. The van der Waals surface area contributed by atoms with Crippen molar-refractivity contribution in [3.05, 3.63) is 76.4 Å². The number of aryl methyl sites for hydroxylation is 1. The Balaban J connectivity index is 1.42. The molecule has 1 aliphatic heterocycles. The van der Waals surface area contributed by atoms with Crippen molar-refractivity contribution in [3.8, 4) is 17.2 Å². The van der Waals surface area contributed by atoms with E-state index in [4.69, 9.17) is 4.98 Å². The molecule has 0 saturated heterocycles. The van der Waals surface area contributed by atoms with Gasteiger partial charge in [0.25, 0.3) is 5.91 Å². The van der Waals surface area contributed by atoms with Crippen molar-refractivity contribution < 1.29 is 4.79 Å². The Morgan fingerprint density at radius 1 is 1.16 bits per heavy atom. The van der Waals surface area contributed by atoms with Crippen LogP contribution in [0.2, 0.25) is 0 Å². The van der Waals surface area contributed by atoms with Crippen LogP contribution in [0.4, 0.5) is 5.69 Å². The Hall–Kier alpha value is -3.72. The maximum absolute atomic E-state index is 12.3. The topological polar surface area (TPSA) is 90.7 Å². The average molecular weight is 409 g/mol. The summed E-state index contributed by atoms with van der Waals surface area (Å²) in [4.78, 5) is 21.5. The van der Waals surface area contributed by atoms with Crippen LogP contribution in [0.1, 0.15) is 51.3 Å². The molecule has 6 heteroatoms. The molecule has 0 atom stereocenters. The SMILES string of the molecule is CNc1ccc(-c2cnc(Cc3ccc(C4(C#N)CC4)nc3)cc2C)c2c1C(=O)NC2. The lowest BCUT2D eigenvalue weighted by Crippen LogP contribution is -2.13. The highest BCUT2D eigenvalue weighted by Gasteiger charge is 2.46. The fraction of sp³-hybridized carbons (Fsp3) is 0.280. The number of nitrogens with one attached hydrogen (secondary N) is 2. The van der Waals surface area contributed by atoms with Crippen molar-refractivity contribution in [2.45, 2.75) is 38.1 Å². The molecular weight excluding hydrogens is 386 g/mol. The Labute approximate surface area is 181 Å². The molecule has 1 aromatic carbocycles. The highest BCUT2D eigenvalue weighted by molar-refractivity contribution is 6.05. The third kappa shape index (κ3) is 3.23. The molecule has 1 amide bonds. The van der Waals surface area contributed by atoms with Gasteiger partial charge in [0.15, 0.2) is 0 Å². The summed E-state index contributed by atoms with van der Waals surface area (Å²) in [6.45, 7) is 2.61. The zero-order chi connectivity index (χ0) is 21.6. The Morgan fingerprint density at radius 3 is 2.65 bits per heavy atom. The zero-order valence-corrected chi connectivity index (χ0v) is 17.6. The number of nitriles is 1. The number of aromatic nitrogens is 2. The number of pyridine rings is 2. The minimum absolute atomic E-state index is 0.0382. The Morgan fingerprint density at radius 2 is 2.00 bits per heavy atom. The lowest BCUT2D eigenvalue weighted by molar-refractivity contribution is 0.0966. The summed E-state index contributed by atoms with van der Waals surface area (Å²) in [5.74, 6) is -0.0382. The molecule has 31 heavy (non-hydrogen) atoms. The summed E-state index contributed by atoms with van der Waals surface area (Å²) >= 11 is 0. The van der Waals surface area contributed by atoms with Gasteiger partial charge in [0.05, 0.1) is 22.7 Å². The van der Waals surface area contributed by atoms with Gasteiger partial charge in [-0.25, -0.2) is 0 Å². The molecule has 154 valence electrons. The molecule has 1 saturated carbocycles. The van der Waals surface area contributed by atoms with E-state index in [1.165, 1.54) is 0 Å². The fourth-order valence-corrected chi connectivity index (χ4v) is 4.37. The van der Waals surface area contributed by atoms with E-state index >= 15 is 0 Å². The quantitative estimate of drug-likeness (QED) is 0.667. The van der Waals surface area contributed by atoms with Gasteiger partial charge in [0.1, 0.15) is 0 Å². The van der Waals surface area contributed by atoms with Gasteiger partial charge < -0.3 is 10.6 Å². The van der Waals surface area contributed by atoms with E-state index < -0.39 is 0 Å². The van der Waals surface area contributed by atoms with Crippen LogP contribution in [0.5, 0.6) is 0 Å². The fourth-order valence-electron chi connectivity index (χ4n) is 4.37. The van der Waals surface area contributed by atoms with Crippen LogP contribution in [0.15, 0.2) is 42.7 Å². The molecule has 0 unspecified atom stereocenters. The molecule has 3 aromatic rings. The van der Waals surface area contributed by atoms with Gasteiger partial charge >= 0.3 is 0 Å². The summed E-state index contributed by atoms with van der Waals surface area (Å²) in [7, 11) is 1.83. The van der Waals surface area contributed by atoms with E-state index in [0.717, 1.165) is 63.3 Å². The van der Waals surface area contributed by atoms with E-state index in [1.807, 2.05) is 37.6 Å². The maximum Gasteiger partial charge on any atom is 0.254 e. The number of hydrogen-bond acceptors (Lipinski definition) is 5. The highest BCUT2D eigenvalue weighted by Crippen LogP contribution is 2.46. The molecule has 2 aromatic heterocycles. The van der Waals surface area contributed by atoms with Crippen molar-refractivity contribution >= 4 is 11.6 Å². The maximum atomic E-state index is 12.3. The van der Waals surface area contributed by atoms with Gasteiger partial charge in [-0.15, -0.1) is 0 Å². The van der Waals surface area contributed by atoms with Crippen LogP contribution >= 0.6 is 0 Å². The first-order chi connectivity index (χ1) is 15.0. The van der Waals surface area contributed by atoms with E-state index in [1.54, 1.807) is 0 Å². The first-order valence-corrected chi connectivity index (χ1v) is 10.5. The zero-order valence-electron chi connectivity index (χ0n) is 17.6. The van der Waals surface area contributed by atoms with Crippen molar-refractivity contribution in [1.82, 2.24) is 15.3 Å². The molecule has 3 heterocycles. The lowest BCUT2D eigenvalue weighted by Gasteiger charge is -2.14. The van der Waals surface area contributed by atoms with E-state index in [2.05, 4.69) is 40.7 Å². The van der Waals surface area contributed by atoms with Crippen LogP contribution < -0.4 is 10.6 Å². The van der Waals surface area contributed by atoms with Crippen LogP contribution in [0.3, 0.4) is 0 Å². The van der Waals surface area contributed by atoms with Crippen molar-refractivity contribution in [3.63, 3.8) is 0 Å². The molecule has 0 radical (unpaired) electrons. The average Bonchev–Trinajstić information content (AvgIpc) is 3.50. The third-order valence-corrected chi connectivity index (χ3v) is 6.36. The summed E-state index contributed by atoms with van der Waals surface area (Å²) in [6, 6.07) is 12.5. The second-order valence-electron chi connectivity index (χ2n) is 8.36. The number of carbonyl (C=O) groups excluding carboxylic acids is 1. The third-order valence-electron chi connectivity index (χ3n) is 6.36. The molecular formula is C25H23N5O. The number of fused-ring (bicyclic) bond motifs is 1. The number of amides is 1. The number of hydrogen-bond donors (Lipinski definition) is 2. The van der Waals surface area contributed by atoms with Gasteiger partial charge in [-0.3, -0.25) is 14.8 Å². The standard InChI is InChI=1S/C25H23N5O/c1-15-9-17(10-16-3-6-22(29-11-16)25(14-26)7-8-25)28-12-19(15)18-4-5-21(27-2)23-20(18)13-30-24(23)31/h3-6,9,11-12,27H,7-8,10,13H2,1-2H3,(H,30,31). The highest BCUT2D eigenvalue weighted by atomic mass is 16.1. The molecule has 6 nitrogen and oxygen atoms in total. The summed E-state index contributed by atoms with van der Waals surface area (Å²) in [5, 5.41) is 15.4. The van der Waals surface area contributed by atoms with Crippen LogP contribution in [0, 0.1) is 18.3 Å². The van der Waals surface area contributed by atoms with Gasteiger partial charge in [-0.2, -0.15) is 5.26 Å². The molecule has 0 bridgehead atoms. The van der Waals surface area contributed by atoms with Gasteiger partial charge in [-0.05, 0) is 60.2 Å². The minimum atomic E-state index is -0.353. The predicted molar refractivity (Wildman–Crippen MR) is 119 cm³/mol. The van der Waals surface area contributed by atoms with Crippen LogP contribution in [-0.4, -0.2) is 22.9 Å². The lowest BCUT2D eigenvalue weighted by atomic mass is 9.93. The van der Waals surface area contributed by atoms with E-state index in [-0.39, 0.29) is 11.3 Å². The Bertz CT molecular complexity index is 1240. The second kappa shape index (κ2) is 7.21. The molecule has 1 aliphatic carbocycles. The minimum Gasteiger partial charge on any atom is -0.387 e. The number of benzene rings is 1. The first kappa shape index (κ1) is 19.3. The van der Waals surface area contributed by atoms with Crippen LogP contribution in [0.25, 0.3) is 11.1 Å². The molecule has 0 spiro atoms. The van der Waals surface area contributed by atoms with Gasteiger partial charge in [0, 0.05) is 49.4 Å². The summed E-state index contributed by atoms with van der Waals surface area (Å²) in [5.41, 5.74) is 8.35. The molecule has 5 rings (SSSR count). The number of nitrogens with zero attached hydrogens (tertiary/aromatic N) is 3.